The lowest BCUT2D eigenvalue weighted by atomic mass is 10.8. The van der Waals surface area contributed by atoms with E-state index >= 15 is 0 Å². The van der Waals surface area contributed by atoms with Gasteiger partial charge < -0.3 is 10.2 Å². The second-order valence-electron chi connectivity index (χ2n) is 1.80. The Balaban J connectivity index is 3.03. The Kier molecular flexibility index (Phi) is 0.717. The molecule has 0 aliphatic heterocycles. The van der Waals surface area contributed by atoms with Crippen molar-refractivity contribution in [3.05, 3.63) is 16.7 Å². The van der Waals surface area contributed by atoms with E-state index in [2.05, 4.69) is 14.5 Å². The smallest absolute Gasteiger partial charge is 0.382 e. The first-order valence-electron chi connectivity index (χ1n) is 2.59. The van der Waals surface area contributed by atoms with Crippen molar-refractivity contribution in [3.8, 4) is 0 Å². The van der Waals surface area contributed by atoms with E-state index in [1.54, 1.807) is 0 Å². The van der Waals surface area contributed by atoms with Gasteiger partial charge in [-0.15, -0.1) is 0 Å². The average molecular weight is 140 g/mol. The zero-order valence-electron chi connectivity index (χ0n) is 4.87. The topological polar surface area (TPSA) is 89.3 Å². The molecule has 0 aliphatic rings. The molecular weight excluding hydrogens is 136 g/mol. The summed E-state index contributed by atoms with van der Waals surface area (Å²) in [5, 5.41) is 2.31. The number of hydrogen-bond acceptors (Lipinski definition) is 4. The van der Waals surface area contributed by atoms with E-state index in [1.165, 1.54) is 10.7 Å². The van der Waals surface area contributed by atoms with Crippen molar-refractivity contribution in [2.24, 2.45) is 0 Å². The van der Waals surface area contributed by atoms with Gasteiger partial charge in [0.05, 0.1) is 6.20 Å². The maximum atomic E-state index is 10.5. The minimum absolute atomic E-state index is 0.183. The normalized spacial score (nSPS) is 10.8. The van der Waals surface area contributed by atoms with Crippen molar-refractivity contribution in [2.75, 3.05) is 5.73 Å². The van der Waals surface area contributed by atoms with Gasteiger partial charge in [0.2, 0.25) is 0 Å². The number of H-pyrrole nitrogens is 1. The monoisotopic (exact) mass is 140 g/mol. The molecule has 0 spiro atoms. The number of fused-ring (bicyclic) bond motifs is 1. The van der Waals surface area contributed by atoms with Crippen LogP contribution in [0.2, 0.25) is 0 Å². The Hall–Kier alpha value is -1.72. The summed E-state index contributed by atoms with van der Waals surface area (Å²) < 4.78 is 5.82. The lowest BCUT2D eigenvalue weighted by molar-refractivity contribution is 0.545. The van der Waals surface area contributed by atoms with Crippen LogP contribution in [-0.4, -0.2) is 14.6 Å². The van der Waals surface area contributed by atoms with Crippen molar-refractivity contribution in [1.29, 1.82) is 0 Å². The number of hydrogen-bond donors (Lipinski definition) is 2. The van der Waals surface area contributed by atoms with Crippen LogP contribution in [0.4, 0.5) is 5.82 Å². The first-order chi connectivity index (χ1) is 4.77. The minimum Gasteiger partial charge on any atom is -0.382 e. The number of nitrogens with one attached hydrogen (secondary N) is 1. The summed E-state index contributed by atoms with van der Waals surface area (Å²) in [5.74, 6) is -0.0295. The molecule has 6 nitrogen and oxygen atoms in total. The van der Waals surface area contributed by atoms with Gasteiger partial charge in [-0.3, -0.25) is 0 Å². The van der Waals surface area contributed by atoms with E-state index < -0.39 is 5.76 Å². The fourth-order valence-corrected chi connectivity index (χ4v) is 0.729. The minimum atomic E-state index is -0.560. The second kappa shape index (κ2) is 1.41. The number of aromatic nitrogens is 3. The number of nitrogens with zero attached hydrogens (tertiary/aromatic N) is 2. The van der Waals surface area contributed by atoms with Crippen molar-refractivity contribution < 1.29 is 4.42 Å². The van der Waals surface area contributed by atoms with Crippen LogP contribution in [0.3, 0.4) is 0 Å². The van der Waals surface area contributed by atoms with Gasteiger partial charge in [-0.05, 0) is 0 Å². The lowest BCUT2D eigenvalue weighted by Gasteiger charge is -1.80. The summed E-state index contributed by atoms with van der Waals surface area (Å²) in [7, 11) is 0. The number of aromatic amines is 1. The van der Waals surface area contributed by atoms with Crippen LogP contribution in [0.25, 0.3) is 5.84 Å². The molecule has 10 heavy (non-hydrogen) atoms. The molecule has 2 heterocycles. The van der Waals surface area contributed by atoms with E-state index in [9.17, 15) is 4.79 Å². The molecule has 0 fully saturated rings. The lowest BCUT2D eigenvalue weighted by Crippen LogP contribution is -2.00. The highest BCUT2D eigenvalue weighted by atomic mass is 16.4. The molecule has 3 N–H and O–H groups in total. The predicted octanol–water partition coefficient (Wildman–Crippen LogP) is -0.802. The molecule has 52 valence electrons. The molecule has 0 bridgehead atoms. The summed E-state index contributed by atoms with van der Waals surface area (Å²) in [4.78, 5) is 14.1. The van der Waals surface area contributed by atoms with Crippen LogP contribution < -0.4 is 11.5 Å². The van der Waals surface area contributed by atoms with Crippen LogP contribution in [0.1, 0.15) is 0 Å². The molecule has 0 radical (unpaired) electrons. The molecule has 0 aliphatic carbocycles. The number of rotatable bonds is 0. The molecular formula is C4H4N4O2. The van der Waals surface area contributed by atoms with Crippen LogP contribution in [0, 0.1) is 0 Å². The second-order valence-corrected chi connectivity index (χ2v) is 1.80. The van der Waals surface area contributed by atoms with Crippen molar-refractivity contribution in [2.45, 2.75) is 0 Å². The molecule has 0 saturated heterocycles. The Labute approximate surface area is 54.3 Å². The molecule has 2 aromatic rings. The van der Waals surface area contributed by atoms with Crippen LogP contribution in [0.15, 0.2) is 15.4 Å². The standard InChI is InChI=1S/C4H4N4O2/c5-2-1-6-3-8(2)7-4(9)10-3/h1H,5H2,(H,7,9). The van der Waals surface area contributed by atoms with Crippen LogP contribution >= 0.6 is 0 Å². The largest absolute Gasteiger partial charge is 0.434 e. The Morgan fingerprint density at radius 1 is 1.80 bits per heavy atom. The third kappa shape index (κ3) is 0.471. The van der Waals surface area contributed by atoms with Gasteiger partial charge in [0, 0.05) is 0 Å². The Morgan fingerprint density at radius 2 is 2.60 bits per heavy atom. The van der Waals surface area contributed by atoms with E-state index in [0.29, 0.717) is 5.82 Å². The van der Waals surface area contributed by atoms with E-state index in [-0.39, 0.29) is 5.84 Å². The first-order valence-corrected chi connectivity index (χ1v) is 2.59. The fraction of sp³-hybridized carbons (Fsp3) is 0. The highest BCUT2D eigenvalue weighted by Gasteiger charge is 2.02. The molecule has 0 amide bonds. The van der Waals surface area contributed by atoms with Gasteiger partial charge in [-0.1, -0.05) is 0 Å². The zero-order valence-corrected chi connectivity index (χ0v) is 4.87. The summed E-state index contributed by atoms with van der Waals surface area (Å²) in [6, 6.07) is 0. The van der Waals surface area contributed by atoms with Gasteiger partial charge in [-0.25, -0.2) is 9.89 Å². The highest BCUT2D eigenvalue weighted by Crippen LogP contribution is 2.01. The van der Waals surface area contributed by atoms with E-state index in [0.717, 1.165) is 0 Å². The summed E-state index contributed by atoms with van der Waals surface area (Å²) >= 11 is 0. The van der Waals surface area contributed by atoms with Gasteiger partial charge >= 0.3 is 11.6 Å². The zero-order chi connectivity index (χ0) is 7.14. The van der Waals surface area contributed by atoms with Crippen molar-refractivity contribution in [1.82, 2.24) is 14.6 Å². The SMILES string of the molecule is Nc1cnc2oc(=O)[nH]n12. The van der Waals surface area contributed by atoms with Gasteiger partial charge in [0.25, 0.3) is 0 Å². The summed E-state index contributed by atoms with van der Waals surface area (Å²) in [5.41, 5.74) is 5.36. The summed E-state index contributed by atoms with van der Waals surface area (Å²) in [6.07, 6.45) is 1.40. The van der Waals surface area contributed by atoms with Gasteiger partial charge in [0.15, 0.2) is 0 Å². The van der Waals surface area contributed by atoms with E-state index in [4.69, 9.17) is 5.73 Å². The number of nitrogens with two attached hydrogens (primary N) is 1. The molecule has 2 rings (SSSR count). The van der Waals surface area contributed by atoms with Gasteiger partial charge in [0.1, 0.15) is 5.82 Å². The number of imidazole rings is 1. The first kappa shape index (κ1) is 5.10. The van der Waals surface area contributed by atoms with Crippen molar-refractivity contribution >= 4 is 11.7 Å². The van der Waals surface area contributed by atoms with E-state index in [1.807, 2.05) is 0 Å². The molecule has 0 saturated carbocycles. The third-order valence-corrected chi connectivity index (χ3v) is 1.14. The number of nitrogen functional groups attached to an aromatic ring is 1. The molecule has 6 heteroatoms. The fourth-order valence-electron chi connectivity index (χ4n) is 0.729. The highest BCUT2D eigenvalue weighted by molar-refractivity contribution is 5.36. The Morgan fingerprint density at radius 3 is 3.30 bits per heavy atom. The predicted molar refractivity (Wildman–Crippen MR) is 32.5 cm³/mol. The molecule has 0 atom stereocenters. The number of anilines is 1. The van der Waals surface area contributed by atoms with Crippen molar-refractivity contribution in [3.63, 3.8) is 0 Å². The quantitative estimate of drug-likeness (QED) is 0.501. The Bertz CT molecular complexity index is 408. The van der Waals surface area contributed by atoms with Crippen LogP contribution in [0.5, 0.6) is 0 Å². The summed E-state index contributed by atoms with van der Waals surface area (Å²) in [6.45, 7) is 0. The van der Waals surface area contributed by atoms with Gasteiger partial charge in [-0.2, -0.15) is 9.50 Å². The molecule has 0 aromatic carbocycles. The maximum absolute atomic E-state index is 10.5. The molecule has 2 aromatic heterocycles. The average Bonchev–Trinajstić information content (AvgIpc) is 2.35. The third-order valence-electron chi connectivity index (χ3n) is 1.14. The maximum Gasteiger partial charge on any atom is 0.434 e. The van der Waals surface area contributed by atoms with Crippen LogP contribution in [-0.2, 0) is 0 Å². The molecule has 0 unspecified atom stereocenters.